The Hall–Kier alpha value is -2.35. The second-order valence-electron chi connectivity index (χ2n) is 8.86. The van der Waals surface area contributed by atoms with E-state index < -0.39 is 0 Å². The largest absolute Gasteiger partial charge is 0.378 e. The maximum atomic E-state index is 14.3. The van der Waals surface area contributed by atoms with Gasteiger partial charge >= 0.3 is 0 Å². The predicted octanol–water partition coefficient (Wildman–Crippen LogP) is 5.93. The monoisotopic (exact) mass is 491 g/mol. The fourth-order valence-corrected chi connectivity index (χ4v) is 4.62. The van der Waals surface area contributed by atoms with Crippen LogP contribution in [-0.4, -0.2) is 67.8 Å². The molecular weight excluding hydrogens is 448 g/mol. The lowest BCUT2D eigenvalue weighted by atomic mass is 9.97. The molecule has 0 radical (unpaired) electrons. The highest BCUT2D eigenvalue weighted by molar-refractivity contribution is 5.98. The normalized spacial score (nSPS) is 26.3. The van der Waals surface area contributed by atoms with Crippen LogP contribution in [0.15, 0.2) is 50.4 Å². The van der Waals surface area contributed by atoms with Gasteiger partial charge in [-0.2, -0.15) is 0 Å². The van der Waals surface area contributed by atoms with Gasteiger partial charge in [0.25, 0.3) is 0 Å². The lowest BCUT2D eigenvalue weighted by molar-refractivity contribution is 0.0204. The number of nitrogens with zero attached hydrogens (tertiary/aromatic N) is 4. The number of aliphatic imine (C=N–C) groups is 3. The van der Waals surface area contributed by atoms with E-state index in [9.17, 15) is 8.78 Å². The molecule has 2 saturated heterocycles. The van der Waals surface area contributed by atoms with Crippen LogP contribution in [0.4, 0.5) is 8.78 Å². The molecule has 2 aliphatic heterocycles. The van der Waals surface area contributed by atoms with E-state index in [1.54, 1.807) is 13.4 Å². The third kappa shape index (κ3) is 9.32. The maximum absolute atomic E-state index is 14.3. The maximum Gasteiger partial charge on any atom is 0.124 e. The first-order valence-electron chi connectivity index (χ1n) is 13.0. The third-order valence-corrected chi connectivity index (χ3v) is 6.25. The van der Waals surface area contributed by atoms with Gasteiger partial charge in [0.1, 0.15) is 23.3 Å². The summed E-state index contributed by atoms with van der Waals surface area (Å²) in [6, 6.07) is 0.300. The second-order valence-corrected chi connectivity index (χ2v) is 8.86. The molecule has 3 atom stereocenters. The number of rotatable bonds is 7. The summed E-state index contributed by atoms with van der Waals surface area (Å²) >= 11 is 0. The summed E-state index contributed by atoms with van der Waals surface area (Å²) in [6.07, 6.45) is 11.7. The van der Waals surface area contributed by atoms with Crippen LogP contribution in [0, 0.1) is 0 Å². The van der Waals surface area contributed by atoms with Crippen molar-refractivity contribution >= 4 is 18.0 Å². The Morgan fingerprint density at radius 3 is 2.77 bits per heavy atom. The summed E-state index contributed by atoms with van der Waals surface area (Å²) < 4.78 is 33.7. The Labute approximate surface area is 210 Å². The molecule has 3 unspecified atom stereocenters. The van der Waals surface area contributed by atoms with Crippen molar-refractivity contribution < 1.29 is 13.5 Å². The van der Waals surface area contributed by atoms with Crippen molar-refractivity contribution in [1.82, 2.24) is 10.2 Å². The van der Waals surface area contributed by atoms with Crippen molar-refractivity contribution in [2.75, 3.05) is 26.7 Å². The van der Waals surface area contributed by atoms with Gasteiger partial charge in [-0.15, -0.1) is 0 Å². The molecule has 8 heteroatoms. The van der Waals surface area contributed by atoms with Gasteiger partial charge in [0.15, 0.2) is 0 Å². The number of nitrogens with one attached hydrogen (secondary N) is 1. The number of likely N-dealkylation sites (tertiary alicyclic amines) is 1. The molecule has 0 spiro atoms. The minimum Gasteiger partial charge on any atom is -0.378 e. The smallest absolute Gasteiger partial charge is 0.124 e. The summed E-state index contributed by atoms with van der Waals surface area (Å²) in [5.74, 6) is 1.20. The molecule has 6 nitrogen and oxygen atoms in total. The highest BCUT2D eigenvalue weighted by Crippen LogP contribution is 2.32. The minimum absolute atomic E-state index is 0.102. The van der Waals surface area contributed by atoms with Crippen molar-refractivity contribution in [3.8, 4) is 0 Å². The van der Waals surface area contributed by atoms with E-state index >= 15 is 0 Å². The van der Waals surface area contributed by atoms with Crippen LogP contribution in [0.1, 0.15) is 72.6 Å². The Balaban J connectivity index is 0.00000210. The lowest BCUT2D eigenvalue weighted by Crippen LogP contribution is -2.36. The first-order chi connectivity index (χ1) is 17.0. The average molecular weight is 492 g/mol. The zero-order valence-corrected chi connectivity index (χ0v) is 22.1. The van der Waals surface area contributed by atoms with Gasteiger partial charge in [0.05, 0.1) is 25.0 Å². The number of ether oxygens (including phenoxy) is 1. The standard InChI is InChI=1S/C25H37F2N5O.C2H6/c1-4-6-25(29-16-24(30-17-28-3)31-21-10-12-33-18(2)13-21)32-11-5-7-22(32)15-19-14-20(26)8-9-23(19)27;1-2/h4,6,14,17-18,21-22H,5,7-13,15-16H2,1-3H3,(H,28,30,31);1-2H3/b6-4-,29-25?;. The zero-order valence-electron chi connectivity index (χ0n) is 22.1. The van der Waals surface area contributed by atoms with E-state index in [1.807, 2.05) is 32.9 Å². The third-order valence-electron chi connectivity index (χ3n) is 6.25. The Morgan fingerprint density at radius 2 is 2.06 bits per heavy atom. The molecule has 0 aromatic heterocycles. The average Bonchev–Trinajstić information content (AvgIpc) is 3.31. The molecule has 0 bridgehead atoms. The molecule has 0 aromatic rings. The van der Waals surface area contributed by atoms with Gasteiger partial charge in [0.2, 0.25) is 0 Å². The first kappa shape index (κ1) is 28.9. The zero-order chi connectivity index (χ0) is 25.6. The molecule has 35 heavy (non-hydrogen) atoms. The quantitative estimate of drug-likeness (QED) is 0.355. The van der Waals surface area contributed by atoms with Crippen LogP contribution >= 0.6 is 0 Å². The van der Waals surface area contributed by atoms with Crippen LogP contribution in [0.3, 0.4) is 0 Å². The lowest BCUT2D eigenvalue weighted by Gasteiger charge is -2.28. The fraction of sp³-hybridized carbons (Fsp3) is 0.667. The highest BCUT2D eigenvalue weighted by atomic mass is 19.1. The molecule has 0 amide bonds. The van der Waals surface area contributed by atoms with Gasteiger partial charge in [-0.05, 0) is 63.7 Å². The first-order valence-corrected chi connectivity index (χ1v) is 13.0. The van der Waals surface area contributed by atoms with Crippen LogP contribution < -0.4 is 5.32 Å². The Bertz CT molecular complexity index is 847. The SMILES string of the molecule is C/C=C\C(=NCC(=NC1CCOC(C)C1)NC=NC)N1CCCC1CC1=C(F)CCC(F)=C1.CC. The molecule has 3 aliphatic rings. The molecule has 2 fully saturated rings. The van der Waals surface area contributed by atoms with E-state index in [2.05, 4.69) is 22.1 Å². The molecular formula is C27H43F2N5O. The minimum atomic E-state index is -0.231. The number of hydrogen-bond donors (Lipinski definition) is 1. The number of hydrogen-bond acceptors (Lipinski definition) is 4. The fourth-order valence-electron chi connectivity index (χ4n) is 4.62. The number of allylic oxidation sites excluding steroid dienone is 4. The van der Waals surface area contributed by atoms with Gasteiger partial charge in [-0.3, -0.25) is 15.0 Å². The Kier molecular flexibility index (Phi) is 12.9. The van der Waals surface area contributed by atoms with Gasteiger partial charge < -0.3 is 15.0 Å². The second kappa shape index (κ2) is 15.6. The molecule has 196 valence electrons. The topological polar surface area (TPSA) is 61.6 Å². The molecule has 0 saturated carbocycles. The Morgan fingerprint density at radius 1 is 1.26 bits per heavy atom. The molecule has 1 aliphatic carbocycles. The van der Waals surface area contributed by atoms with Crippen molar-refractivity contribution in [3.05, 3.63) is 35.5 Å². The number of halogens is 2. The summed E-state index contributed by atoms with van der Waals surface area (Å²) in [4.78, 5) is 16.0. The molecule has 1 N–H and O–H groups in total. The number of amidine groups is 2. The summed E-state index contributed by atoms with van der Waals surface area (Å²) in [6.45, 7) is 10.00. The van der Waals surface area contributed by atoms with E-state index in [1.165, 1.54) is 6.08 Å². The summed E-state index contributed by atoms with van der Waals surface area (Å²) in [7, 11) is 1.71. The molecule has 0 aromatic carbocycles. The van der Waals surface area contributed by atoms with Crippen molar-refractivity contribution in [2.45, 2.75) is 90.8 Å². The van der Waals surface area contributed by atoms with Crippen LogP contribution in [0.2, 0.25) is 0 Å². The van der Waals surface area contributed by atoms with E-state index in [0.717, 1.165) is 43.9 Å². The van der Waals surface area contributed by atoms with Gasteiger partial charge in [-0.1, -0.05) is 19.9 Å². The molecule has 2 heterocycles. The van der Waals surface area contributed by atoms with Gasteiger partial charge in [0, 0.05) is 39.1 Å². The van der Waals surface area contributed by atoms with E-state index in [4.69, 9.17) is 14.7 Å². The summed E-state index contributed by atoms with van der Waals surface area (Å²) in [5, 5.41) is 3.17. The van der Waals surface area contributed by atoms with Crippen molar-refractivity contribution in [1.29, 1.82) is 0 Å². The molecule has 3 rings (SSSR count). The van der Waals surface area contributed by atoms with Crippen LogP contribution in [0.5, 0.6) is 0 Å². The highest BCUT2D eigenvalue weighted by Gasteiger charge is 2.28. The summed E-state index contributed by atoms with van der Waals surface area (Å²) in [5.41, 5.74) is 0.493. The van der Waals surface area contributed by atoms with Crippen molar-refractivity contribution in [3.63, 3.8) is 0 Å². The van der Waals surface area contributed by atoms with Gasteiger partial charge in [-0.25, -0.2) is 8.78 Å². The van der Waals surface area contributed by atoms with E-state index in [-0.39, 0.29) is 42.7 Å². The van der Waals surface area contributed by atoms with Crippen LogP contribution in [0.25, 0.3) is 0 Å². The van der Waals surface area contributed by atoms with E-state index in [0.29, 0.717) is 25.1 Å². The van der Waals surface area contributed by atoms with Crippen LogP contribution in [-0.2, 0) is 4.74 Å². The van der Waals surface area contributed by atoms with Crippen molar-refractivity contribution in [2.24, 2.45) is 15.0 Å². The predicted molar refractivity (Wildman–Crippen MR) is 143 cm³/mol.